The molecule has 2 aromatic heterocycles. The molecule has 0 fully saturated rings. The van der Waals surface area contributed by atoms with Gasteiger partial charge in [0.25, 0.3) is 5.56 Å². The van der Waals surface area contributed by atoms with Gasteiger partial charge in [-0.2, -0.15) is 4.98 Å². The van der Waals surface area contributed by atoms with Crippen molar-refractivity contribution >= 4 is 5.97 Å². The maximum absolute atomic E-state index is 11.5. The molecular weight excluding hydrogens is 262 g/mol. The minimum atomic E-state index is -1.21. The molecule has 0 amide bonds. The highest BCUT2D eigenvalue weighted by Crippen LogP contribution is 2.22. The number of rotatable bonds is 4. The monoisotopic (exact) mass is 275 g/mol. The molecule has 0 aliphatic heterocycles. The van der Waals surface area contributed by atoms with E-state index in [1.165, 1.54) is 18.3 Å². The Bertz CT molecular complexity index is 694. The van der Waals surface area contributed by atoms with Crippen LogP contribution in [-0.4, -0.2) is 26.0 Å². The third-order valence-corrected chi connectivity index (χ3v) is 2.47. The number of carboxylic acids is 1. The zero-order valence-electron chi connectivity index (χ0n) is 11.0. The largest absolute Gasteiger partial charge is 0.476 e. The molecule has 0 unspecified atom stereocenters. The van der Waals surface area contributed by atoms with Crippen molar-refractivity contribution in [3.05, 3.63) is 46.3 Å². The molecule has 0 aliphatic rings. The summed E-state index contributed by atoms with van der Waals surface area (Å²) < 4.78 is 5.37. The molecule has 0 aromatic carbocycles. The van der Waals surface area contributed by atoms with Crippen molar-refractivity contribution in [1.82, 2.24) is 15.0 Å². The number of carboxylic acid groups (broad SMARTS) is 1. The molecule has 7 nitrogen and oxygen atoms in total. The average Bonchev–Trinajstić information content (AvgIpc) is 2.38. The van der Waals surface area contributed by atoms with Gasteiger partial charge in [0.15, 0.2) is 11.4 Å². The standard InChI is InChI=1S/C13H13N3O4/c1-7(2)12-15-9(17)6-10(16-12)20-8-4-3-5-14-11(8)13(18)19/h3-7H,1-2H3,(H,18,19)(H,15,16,17). The van der Waals surface area contributed by atoms with Crippen LogP contribution in [0.2, 0.25) is 0 Å². The molecule has 0 bridgehead atoms. The van der Waals surface area contributed by atoms with Crippen LogP contribution in [0.5, 0.6) is 11.6 Å². The van der Waals surface area contributed by atoms with E-state index in [0.717, 1.165) is 6.07 Å². The number of aromatic nitrogens is 3. The van der Waals surface area contributed by atoms with Crippen LogP contribution in [0, 0.1) is 0 Å². The summed E-state index contributed by atoms with van der Waals surface area (Å²) in [6.45, 7) is 3.74. The lowest BCUT2D eigenvalue weighted by molar-refractivity contribution is 0.0687. The molecule has 2 rings (SSSR count). The first kappa shape index (κ1) is 13.7. The summed E-state index contributed by atoms with van der Waals surface area (Å²) in [5.41, 5.74) is -0.597. The molecule has 2 aromatic rings. The first-order valence-corrected chi connectivity index (χ1v) is 5.95. The SMILES string of the molecule is CC(C)c1nc(Oc2cccnc2C(=O)O)cc(=O)[nH]1. The number of aromatic carboxylic acids is 1. The van der Waals surface area contributed by atoms with E-state index in [1.807, 2.05) is 13.8 Å². The number of nitrogens with one attached hydrogen (secondary N) is 1. The van der Waals surface area contributed by atoms with E-state index >= 15 is 0 Å². The summed E-state index contributed by atoms with van der Waals surface area (Å²) in [5, 5.41) is 9.01. The zero-order valence-corrected chi connectivity index (χ0v) is 11.0. The van der Waals surface area contributed by atoms with Gasteiger partial charge in [0, 0.05) is 12.1 Å². The highest BCUT2D eigenvalue weighted by atomic mass is 16.5. The van der Waals surface area contributed by atoms with E-state index in [2.05, 4.69) is 15.0 Å². The Morgan fingerprint density at radius 1 is 1.45 bits per heavy atom. The average molecular weight is 275 g/mol. The first-order valence-electron chi connectivity index (χ1n) is 5.95. The van der Waals surface area contributed by atoms with Crippen LogP contribution < -0.4 is 10.3 Å². The number of pyridine rings is 1. The maximum Gasteiger partial charge on any atom is 0.358 e. The highest BCUT2D eigenvalue weighted by Gasteiger charge is 2.14. The van der Waals surface area contributed by atoms with Crippen LogP contribution in [-0.2, 0) is 0 Å². The van der Waals surface area contributed by atoms with E-state index in [9.17, 15) is 9.59 Å². The number of ether oxygens (including phenoxy) is 1. The lowest BCUT2D eigenvalue weighted by Gasteiger charge is -2.09. The van der Waals surface area contributed by atoms with Crippen LogP contribution in [0.1, 0.15) is 36.1 Å². The Balaban J connectivity index is 2.40. The molecule has 0 spiro atoms. The second kappa shape index (κ2) is 5.52. The van der Waals surface area contributed by atoms with Crippen LogP contribution in [0.4, 0.5) is 0 Å². The topological polar surface area (TPSA) is 105 Å². The van der Waals surface area contributed by atoms with Crippen LogP contribution in [0.25, 0.3) is 0 Å². The quantitative estimate of drug-likeness (QED) is 0.881. The van der Waals surface area contributed by atoms with Gasteiger partial charge in [0.2, 0.25) is 5.88 Å². The molecule has 0 saturated carbocycles. The van der Waals surface area contributed by atoms with Crippen LogP contribution >= 0.6 is 0 Å². The predicted molar refractivity (Wildman–Crippen MR) is 70.2 cm³/mol. The zero-order chi connectivity index (χ0) is 14.7. The molecule has 2 N–H and O–H groups in total. The van der Waals surface area contributed by atoms with Crippen molar-refractivity contribution in [3.63, 3.8) is 0 Å². The van der Waals surface area contributed by atoms with Crippen molar-refractivity contribution in [2.45, 2.75) is 19.8 Å². The lowest BCUT2D eigenvalue weighted by Crippen LogP contribution is -2.12. The Morgan fingerprint density at radius 3 is 2.85 bits per heavy atom. The van der Waals surface area contributed by atoms with E-state index in [-0.39, 0.29) is 28.8 Å². The smallest absolute Gasteiger partial charge is 0.358 e. The van der Waals surface area contributed by atoms with E-state index in [4.69, 9.17) is 9.84 Å². The fourth-order valence-electron chi connectivity index (χ4n) is 1.53. The molecule has 20 heavy (non-hydrogen) atoms. The van der Waals surface area contributed by atoms with Crippen molar-refractivity contribution in [2.24, 2.45) is 0 Å². The number of hydrogen-bond donors (Lipinski definition) is 2. The van der Waals surface area contributed by atoms with Gasteiger partial charge in [-0.05, 0) is 12.1 Å². The minimum absolute atomic E-state index is 0.0130. The lowest BCUT2D eigenvalue weighted by atomic mass is 10.2. The van der Waals surface area contributed by atoms with E-state index in [0.29, 0.717) is 5.82 Å². The van der Waals surface area contributed by atoms with Gasteiger partial charge in [-0.1, -0.05) is 13.8 Å². The molecule has 104 valence electrons. The van der Waals surface area contributed by atoms with Crippen molar-refractivity contribution < 1.29 is 14.6 Å². The number of carbonyl (C=O) groups is 1. The summed E-state index contributed by atoms with van der Waals surface area (Å²) in [5.74, 6) is -0.664. The van der Waals surface area contributed by atoms with Gasteiger partial charge >= 0.3 is 5.97 Å². The van der Waals surface area contributed by atoms with Gasteiger partial charge in [-0.25, -0.2) is 9.78 Å². The first-order chi connectivity index (χ1) is 9.47. The molecule has 0 aliphatic carbocycles. The minimum Gasteiger partial charge on any atom is -0.476 e. The Hall–Kier alpha value is -2.70. The van der Waals surface area contributed by atoms with Gasteiger partial charge in [-0.15, -0.1) is 0 Å². The molecule has 2 heterocycles. The molecule has 0 atom stereocenters. The summed E-state index contributed by atoms with van der Waals surface area (Å²) in [7, 11) is 0. The summed E-state index contributed by atoms with van der Waals surface area (Å²) in [6.07, 6.45) is 1.35. The number of H-pyrrole nitrogens is 1. The molecule has 7 heteroatoms. The fourth-order valence-corrected chi connectivity index (χ4v) is 1.53. The van der Waals surface area contributed by atoms with Crippen LogP contribution in [0.15, 0.2) is 29.2 Å². The van der Waals surface area contributed by atoms with Crippen molar-refractivity contribution in [1.29, 1.82) is 0 Å². The Labute approximate surface area is 114 Å². The Morgan fingerprint density at radius 2 is 2.20 bits per heavy atom. The summed E-state index contributed by atoms with van der Waals surface area (Å²) >= 11 is 0. The van der Waals surface area contributed by atoms with Gasteiger partial charge in [0.05, 0.1) is 6.07 Å². The normalized spacial score (nSPS) is 10.6. The Kier molecular flexibility index (Phi) is 3.79. The van der Waals surface area contributed by atoms with Crippen molar-refractivity contribution in [2.75, 3.05) is 0 Å². The van der Waals surface area contributed by atoms with E-state index in [1.54, 1.807) is 0 Å². The van der Waals surface area contributed by atoms with Gasteiger partial charge in [0.1, 0.15) is 5.82 Å². The fraction of sp³-hybridized carbons (Fsp3) is 0.231. The van der Waals surface area contributed by atoms with Crippen molar-refractivity contribution in [3.8, 4) is 11.6 Å². The van der Waals surface area contributed by atoms with E-state index < -0.39 is 5.97 Å². The molecule has 0 radical (unpaired) electrons. The highest BCUT2D eigenvalue weighted by molar-refractivity contribution is 5.88. The third-order valence-electron chi connectivity index (χ3n) is 2.47. The number of aromatic amines is 1. The van der Waals surface area contributed by atoms with Gasteiger partial charge < -0.3 is 14.8 Å². The van der Waals surface area contributed by atoms with Gasteiger partial charge in [-0.3, -0.25) is 4.79 Å². The second-order valence-electron chi connectivity index (χ2n) is 4.38. The second-order valence-corrected chi connectivity index (χ2v) is 4.38. The molecular formula is C13H13N3O4. The number of hydrogen-bond acceptors (Lipinski definition) is 5. The summed E-state index contributed by atoms with van der Waals surface area (Å²) in [4.78, 5) is 33.0. The molecule has 0 saturated heterocycles. The third kappa shape index (κ3) is 3.00. The number of nitrogens with zero attached hydrogens (tertiary/aromatic N) is 2. The maximum atomic E-state index is 11.5. The summed E-state index contributed by atoms with van der Waals surface area (Å²) in [6, 6.07) is 4.15. The predicted octanol–water partition coefficient (Wildman–Crippen LogP) is 1.78. The van der Waals surface area contributed by atoms with Crippen LogP contribution in [0.3, 0.4) is 0 Å².